The van der Waals surface area contributed by atoms with Crippen molar-refractivity contribution in [3.05, 3.63) is 65.9 Å². The minimum atomic E-state index is -4.12. The summed E-state index contributed by atoms with van der Waals surface area (Å²) in [4.78, 5) is 0. The number of hydrogen-bond acceptors (Lipinski definition) is 3. The van der Waals surface area contributed by atoms with Crippen LogP contribution in [-0.4, -0.2) is 6.11 Å². The molecule has 0 saturated heterocycles. The zero-order valence-corrected chi connectivity index (χ0v) is 20.6. The Labute approximate surface area is 215 Å². The van der Waals surface area contributed by atoms with Gasteiger partial charge in [-0.3, -0.25) is 0 Å². The molecular weight excluding hydrogens is 524 g/mol. The summed E-state index contributed by atoms with van der Waals surface area (Å²) in [7, 11) is 0. The van der Waals surface area contributed by atoms with Crippen LogP contribution in [0.4, 0.5) is 35.1 Å². The lowest BCUT2D eigenvalue weighted by atomic mass is 9.79. The molecule has 0 atom stereocenters. The molecule has 1 fully saturated rings. The van der Waals surface area contributed by atoms with Gasteiger partial charge in [0.25, 0.3) is 0 Å². The Bertz CT molecular complexity index is 1050. The molecular formula is C27H28F8O3. The van der Waals surface area contributed by atoms with Crippen LogP contribution in [-0.2, 0) is 6.11 Å². The van der Waals surface area contributed by atoms with Crippen molar-refractivity contribution in [1.82, 2.24) is 0 Å². The number of benzene rings is 2. The van der Waals surface area contributed by atoms with E-state index in [9.17, 15) is 35.1 Å². The molecule has 1 aliphatic carbocycles. The number of unbranched alkanes of at least 4 members (excludes halogenated alkanes) is 2. The normalized spacial score (nSPS) is 18.1. The average Bonchev–Trinajstić information content (AvgIpc) is 2.84. The van der Waals surface area contributed by atoms with Crippen molar-refractivity contribution < 1.29 is 49.3 Å². The first-order chi connectivity index (χ1) is 17.9. The molecule has 210 valence electrons. The van der Waals surface area contributed by atoms with Gasteiger partial charge in [-0.15, -0.1) is 0 Å². The van der Waals surface area contributed by atoms with E-state index in [1.807, 2.05) is 0 Å². The van der Waals surface area contributed by atoms with E-state index in [4.69, 9.17) is 4.74 Å². The van der Waals surface area contributed by atoms with Crippen LogP contribution in [0, 0.1) is 23.5 Å². The molecule has 11 heteroatoms. The third kappa shape index (κ3) is 8.01. The molecule has 0 radical (unpaired) electrons. The van der Waals surface area contributed by atoms with E-state index in [-0.39, 0.29) is 12.0 Å². The minimum absolute atomic E-state index is 0.219. The van der Waals surface area contributed by atoms with Crippen LogP contribution >= 0.6 is 0 Å². The fourth-order valence-corrected chi connectivity index (χ4v) is 4.45. The second kappa shape index (κ2) is 12.7. The van der Waals surface area contributed by atoms with Crippen LogP contribution in [0.25, 0.3) is 0 Å². The van der Waals surface area contributed by atoms with Gasteiger partial charge in [-0.2, -0.15) is 26.3 Å². The fourth-order valence-electron chi connectivity index (χ4n) is 4.45. The predicted octanol–water partition coefficient (Wildman–Crippen LogP) is 9.57. The van der Waals surface area contributed by atoms with Gasteiger partial charge in [-0.05, 0) is 55.9 Å². The van der Waals surface area contributed by atoms with Gasteiger partial charge in [0.05, 0.1) is 11.5 Å². The summed E-state index contributed by atoms with van der Waals surface area (Å²) < 4.78 is 124. The lowest BCUT2D eigenvalue weighted by Crippen LogP contribution is -2.37. The molecule has 2 aromatic carbocycles. The molecule has 1 aliphatic rings. The molecule has 38 heavy (non-hydrogen) atoms. The topological polar surface area (TPSA) is 27.7 Å². The predicted molar refractivity (Wildman–Crippen MR) is 123 cm³/mol. The zero-order valence-electron chi connectivity index (χ0n) is 20.6. The summed E-state index contributed by atoms with van der Waals surface area (Å²) in [5.74, 6) is -6.20. The SMILES string of the molecule is CCCCCC1CCC(C(F)(F)Oc2ccc(C(F)(F)Oc3cc(F)c(OC=C(F)F)c(F)c3)cc2)CC1. The van der Waals surface area contributed by atoms with Gasteiger partial charge < -0.3 is 14.2 Å². The largest absolute Gasteiger partial charge is 0.453 e. The summed E-state index contributed by atoms with van der Waals surface area (Å²) in [6.45, 7) is 2.11. The lowest BCUT2D eigenvalue weighted by Gasteiger charge is -2.33. The first kappa shape index (κ1) is 29.6. The van der Waals surface area contributed by atoms with E-state index < -0.39 is 52.9 Å². The molecule has 0 aliphatic heterocycles. The van der Waals surface area contributed by atoms with E-state index in [0.29, 0.717) is 43.7 Å². The average molecular weight is 553 g/mol. The first-order valence-corrected chi connectivity index (χ1v) is 12.3. The Kier molecular flexibility index (Phi) is 9.89. The highest BCUT2D eigenvalue weighted by Crippen LogP contribution is 2.42. The fraction of sp³-hybridized carbons (Fsp3) is 0.481. The van der Waals surface area contributed by atoms with Crippen molar-refractivity contribution in [2.45, 2.75) is 70.5 Å². The molecule has 0 N–H and O–H groups in total. The van der Waals surface area contributed by atoms with E-state index in [1.54, 1.807) is 0 Å². The van der Waals surface area contributed by atoms with Gasteiger partial charge in [0, 0.05) is 12.1 Å². The Morgan fingerprint density at radius 1 is 0.868 bits per heavy atom. The summed E-state index contributed by atoms with van der Waals surface area (Å²) >= 11 is 0. The highest BCUT2D eigenvalue weighted by molar-refractivity contribution is 5.36. The molecule has 3 nitrogen and oxygen atoms in total. The molecule has 2 aromatic rings. The van der Waals surface area contributed by atoms with Crippen molar-refractivity contribution >= 4 is 0 Å². The Balaban J connectivity index is 1.61. The second-order valence-corrected chi connectivity index (χ2v) is 9.26. The Hall–Kier alpha value is -2.98. The second-order valence-electron chi connectivity index (χ2n) is 9.26. The monoisotopic (exact) mass is 552 g/mol. The molecule has 0 amide bonds. The molecule has 0 unspecified atom stereocenters. The van der Waals surface area contributed by atoms with E-state index in [0.717, 1.165) is 49.9 Å². The van der Waals surface area contributed by atoms with Gasteiger partial charge in [0.15, 0.2) is 23.6 Å². The van der Waals surface area contributed by atoms with Crippen molar-refractivity contribution in [3.8, 4) is 17.2 Å². The van der Waals surface area contributed by atoms with Crippen molar-refractivity contribution in [2.75, 3.05) is 0 Å². The number of alkyl halides is 4. The highest BCUT2D eigenvalue weighted by atomic mass is 19.3. The molecule has 1 saturated carbocycles. The van der Waals surface area contributed by atoms with Gasteiger partial charge in [0.2, 0.25) is 0 Å². The molecule has 3 rings (SSSR count). The van der Waals surface area contributed by atoms with Crippen LogP contribution in [0.1, 0.15) is 63.9 Å². The van der Waals surface area contributed by atoms with Crippen molar-refractivity contribution in [1.29, 1.82) is 0 Å². The number of rotatable bonds is 12. The highest BCUT2D eigenvalue weighted by Gasteiger charge is 2.44. The van der Waals surface area contributed by atoms with Crippen molar-refractivity contribution in [2.24, 2.45) is 11.8 Å². The zero-order chi connectivity index (χ0) is 27.9. The number of ether oxygens (including phenoxy) is 3. The van der Waals surface area contributed by atoms with Crippen LogP contribution in [0.5, 0.6) is 17.2 Å². The third-order valence-electron chi connectivity index (χ3n) is 6.47. The first-order valence-electron chi connectivity index (χ1n) is 12.3. The Morgan fingerprint density at radius 2 is 1.47 bits per heavy atom. The summed E-state index contributed by atoms with van der Waals surface area (Å²) in [6, 6.07) is 4.07. The Morgan fingerprint density at radius 3 is 2.03 bits per heavy atom. The quantitative estimate of drug-likeness (QED) is 0.149. The number of halogens is 8. The van der Waals surface area contributed by atoms with Gasteiger partial charge in [0.1, 0.15) is 11.5 Å². The maximum atomic E-state index is 14.7. The van der Waals surface area contributed by atoms with Crippen LogP contribution in [0.3, 0.4) is 0 Å². The standard InChI is InChI=1S/C27H28F8O3/c1-2-3-4-5-17-6-8-18(9-7-17)26(32,33)37-20-12-10-19(11-13-20)27(34,35)38-21-14-22(28)25(23(29)15-21)36-16-24(30)31/h10-18H,2-9H2,1H3. The summed E-state index contributed by atoms with van der Waals surface area (Å²) in [5.41, 5.74) is -0.802. The van der Waals surface area contributed by atoms with Crippen LogP contribution < -0.4 is 14.2 Å². The third-order valence-corrected chi connectivity index (χ3v) is 6.47. The molecule has 0 heterocycles. The van der Waals surface area contributed by atoms with E-state index in [1.165, 1.54) is 0 Å². The van der Waals surface area contributed by atoms with Crippen LogP contribution in [0.2, 0.25) is 0 Å². The lowest BCUT2D eigenvalue weighted by molar-refractivity contribution is -0.223. The smallest absolute Gasteiger partial charge is 0.426 e. The van der Waals surface area contributed by atoms with Gasteiger partial charge in [-0.25, -0.2) is 8.78 Å². The molecule has 0 aromatic heterocycles. The minimum Gasteiger partial charge on any atom is -0.453 e. The summed E-state index contributed by atoms with van der Waals surface area (Å²) in [5, 5.41) is 0. The molecule has 0 bridgehead atoms. The summed E-state index contributed by atoms with van der Waals surface area (Å²) in [6.07, 6.45) is -3.86. The van der Waals surface area contributed by atoms with Gasteiger partial charge >= 0.3 is 18.3 Å². The van der Waals surface area contributed by atoms with E-state index in [2.05, 4.69) is 16.4 Å². The van der Waals surface area contributed by atoms with E-state index >= 15 is 0 Å². The molecule has 0 spiro atoms. The van der Waals surface area contributed by atoms with Crippen LogP contribution in [0.15, 0.2) is 48.7 Å². The number of hydrogen-bond donors (Lipinski definition) is 0. The van der Waals surface area contributed by atoms with Crippen molar-refractivity contribution in [3.63, 3.8) is 0 Å². The maximum Gasteiger partial charge on any atom is 0.426 e. The van der Waals surface area contributed by atoms with Gasteiger partial charge in [-0.1, -0.05) is 32.6 Å². The maximum absolute atomic E-state index is 14.7.